The first-order valence-corrected chi connectivity index (χ1v) is 7.79. The lowest BCUT2D eigenvalue weighted by molar-refractivity contribution is -0.133. The van der Waals surface area contributed by atoms with Gasteiger partial charge in [-0.3, -0.25) is 4.79 Å². The van der Waals surface area contributed by atoms with Gasteiger partial charge in [-0.2, -0.15) is 0 Å². The highest BCUT2D eigenvalue weighted by atomic mass is 16.5. The first kappa shape index (κ1) is 17.9. The highest BCUT2D eigenvalue weighted by molar-refractivity contribution is 6.00. The van der Waals surface area contributed by atoms with Crippen LogP contribution in [0, 0.1) is 0 Å². The van der Waals surface area contributed by atoms with E-state index in [2.05, 4.69) is 5.32 Å². The number of carboxylic acids is 2. The van der Waals surface area contributed by atoms with E-state index in [0.29, 0.717) is 11.4 Å². The van der Waals surface area contributed by atoms with Gasteiger partial charge >= 0.3 is 17.9 Å². The molecule has 0 aromatic heterocycles. The van der Waals surface area contributed by atoms with Crippen molar-refractivity contribution in [1.29, 1.82) is 0 Å². The largest absolute Gasteiger partial charge is 0.478 e. The molecule has 0 spiro atoms. The normalized spacial score (nSPS) is 12.7. The standard InChI is InChI=1S/C18H14N2O7/c21-15(8-20-9-16(22)27-14-4-2-1-3-13(14)20)19-12-6-10(17(23)24)5-11(7-12)18(25)26/h1-7H,8-9H2,(H,19,21)(H,23,24)(H,25,26). The number of hydrogen-bond donors (Lipinski definition) is 3. The van der Waals surface area contributed by atoms with E-state index in [-0.39, 0.29) is 29.9 Å². The van der Waals surface area contributed by atoms with Crippen LogP contribution in [0.4, 0.5) is 11.4 Å². The second kappa shape index (κ2) is 7.16. The first-order valence-electron chi connectivity index (χ1n) is 7.79. The van der Waals surface area contributed by atoms with Crippen molar-refractivity contribution in [2.75, 3.05) is 23.3 Å². The highest BCUT2D eigenvalue weighted by Crippen LogP contribution is 2.31. The van der Waals surface area contributed by atoms with E-state index in [0.717, 1.165) is 18.2 Å². The molecule has 9 heteroatoms. The van der Waals surface area contributed by atoms with Crippen LogP contribution in [0.15, 0.2) is 42.5 Å². The summed E-state index contributed by atoms with van der Waals surface area (Å²) in [5.41, 5.74) is 0.0668. The molecule has 9 nitrogen and oxygen atoms in total. The van der Waals surface area contributed by atoms with Crippen LogP contribution < -0.4 is 15.0 Å². The number of rotatable bonds is 5. The van der Waals surface area contributed by atoms with Crippen molar-refractivity contribution in [3.05, 3.63) is 53.6 Å². The van der Waals surface area contributed by atoms with Gasteiger partial charge in [0.05, 0.1) is 23.4 Å². The van der Waals surface area contributed by atoms with Gasteiger partial charge in [0.1, 0.15) is 6.54 Å². The molecule has 0 aliphatic carbocycles. The SMILES string of the molecule is O=C(CN1CC(=O)Oc2ccccc21)Nc1cc(C(=O)O)cc(C(=O)O)c1. The third-order valence-electron chi connectivity index (χ3n) is 3.79. The topological polar surface area (TPSA) is 133 Å². The molecule has 0 unspecified atom stereocenters. The first-order chi connectivity index (χ1) is 12.8. The van der Waals surface area contributed by atoms with Crippen LogP contribution in [0.3, 0.4) is 0 Å². The molecule has 3 N–H and O–H groups in total. The zero-order valence-corrected chi connectivity index (χ0v) is 13.8. The number of benzene rings is 2. The average molecular weight is 370 g/mol. The van der Waals surface area contributed by atoms with E-state index >= 15 is 0 Å². The Hall–Kier alpha value is -3.88. The Morgan fingerprint density at radius 1 is 1.04 bits per heavy atom. The zero-order valence-electron chi connectivity index (χ0n) is 13.8. The molecule has 0 fully saturated rings. The van der Waals surface area contributed by atoms with E-state index < -0.39 is 23.8 Å². The summed E-state index contributed by atoms with van der Waals surface area (Å²) in [5.74, 6) is -3.36. The van der Waals surface area contributed by atoms with Crippen LogP contribution >= 0.6 is 0 Å². The van der Waals surface area contributed by atoms with Gasteiger partial charge < -0.3 is 25.2 Å². The summed E-state index contributed by atoms with van der Waals surface area (Å²) in [4.78, 5) is 47.8. The third-order valence-corrected chi connectivity index (χ3v) is 3.79. The Labute approximate surface area is 152 Å². The molecule has 3 rings (SSSR count). The Morgan fingerprint density at radius 3 is 2.30 bits per heavy atom. The number of anilines is 2. The number of carbonyl (C=O) groups is 4. The van der Waals surface area contributed by atoms with Crippen molar-refractivity contribution in [3.63, 3.8) is 0 Å². The molecule has 0 saturated heterocycles. The molecule has 2 aromatic rings. The molecule has 1 amide bonds. The van der Waals surface area contributed by atoms with Crippen molar-refractivity contribution in [1.82, 2.24) is 0 Å². The predicted octanol–water partition coefficient (Wildman–Crippen LogP) is 1.45. The van der Waals surface area contributed by atoms with E-state index in [4.69, 9.17) is 14.9 Å². The second-order valence-electron chi connectivity index (χ2n) is 5.76. The number of esters is 1. The van der Waals surface area contributed by atoms with Crippen LogP contribution in [0.25, 0.3) is 0 Å². The summed E-state index contributed by atoms with van der Waals surface area (Å²) in [7, 11) is 0. The highest BCUT2D eigenvalue weighted by Gasteiger charge is 2.25. The fourth-order valence-corrected chi connectivity index (χ4v) is 2.66. The Bertz CT molecular complexity index is 922. The fourth-order valence-electron chi connectivity index (χ4n) is 2.66. The lowest BCUT2D eigenvalue weighted by Crippen LogP contribution is -2.41. The van der Waals surface area contributed by atoms with E-state index in [9.17, 15) is 19.2 Å². The monoisotopic (exact) mass is 370 g/mol. The summed E-state index contributed by atoms with van der Waals surface area (Å²) in [6.07, 6.45) is 0. The molecule has 0 saturated carbocycles. The number of para-hydroxylation sites is 2. The van der Waals surface area contributed by atoms with Crippen molar-refractivity contribution in [2.45, 2.75) is 0 Å². The van der Waals surface area contributed by atoms with Crippen molar-refractivity contribution >= 4 is 35.2 Å². The van der Waals surface area contributed by atoms with Crippen LogP contribution in [0.5, 0.6) is 5.75 Å². The Balaban J connectivity index is 1.80. The average Bonchev–Trinajstić information content (AvgIpc) is 2.61. The van der Waals surface area contributed by atoms with Crippen molar-refractivity contribution in [2.24, 2.45) is 0 Å². The van der Waals surface area contributed by atoms with Crippen LogP contribution in [0.2, 0.25) is 0 Å². The summed E-state index contributed by atoms with van der Waals surface area (Å²) >= 11 is 0. The number of carbonyl (C=O) groups excluding carboxylic acids is 2. The summed E-state index contributed by atoms with van der Waals surface area (Å²) in [5, 5.41) is 20.6. The van der Waals surface area contributed by atoms with Gasteiger partial charge in [-0.25, -0.2) is 14.4 Å². The molecular formula is C18H14N2O7. The number of amides is 1. The smallest absolute Gasteiger partial charge is 0.335 e. The minimum atomic E-state index is -1.32. The van der Waals surface area contributed by atoms with E-state index in [1.807, 2.05) is 0 Å². The van der Waals surface area contributed by atoms with E-state index in [1.165, 1.54) is 4.90 Å². The number of nitrogens with one attached hydrogen (secondary N) is 1. The predicted molar refractivity (Wildman–Crippen MR) is 93.3 cm³/mol. The van der Waals surface area contributed by atoms with Gasteiger partial charge in [0.15, 0.2) is 5.75 Å². The maximum atomic E-state index is 12.4. The number of ether oxygens (including phenoxy) is 1. The lowest BCUT2D eigenvalue weighted by Gasteiger charge is -2.29. The van der Waals surface area contributed by atoms with Gasteiger partial charge in [-0.15, -0.1) is 0 Å². The van der Waals surface area contributed by atoms with Gasteiger partial charge in [0, 0.05) is 5.69 Å². The molecule has 27 heavy (non-hydrogen) atoms. The third kappa shape index (κ3) is 4.03. The molecule has 138 valence electrons. The number of nitrogens with zero attached hydrogens (tertiary/aromatic N) is 1. The molecule has 0 radical (unpaired) electrons. The summed E-state index contributed by atoms with van der Waals surface area (Å²) in [6.45, 7) is -0.328. The van der Waals surface area contributed by atoms with Gasteiger partial charge in [-0.05, 0) is 30.3 Å². The van der Waals surface area contributed by atoms with Crippen molar-refractivity contribution < 1.29 is 34.1 Å². The van der Waals surface area contributed by atoms with Crippen LogP contribution in [0.1, 0.15) is 20.7 Å². The number of carboxylic acid groups (broad SMARTS) is 2. The summed E-state index contributed by atoms with van der Waals surface area (Å²) < 4.78 is 5.10. The Kier molecular flexibility index (Phi) is 4.75. The minimum Gasteiger partial charge on any atom is -0.478 e. The van der Waals surface area contributed by atoms with E-state index in [1.54, 1.807) is 24.3 Å². The number of fused-ring (bicyclic) bond motifs is 1. The lowest BCUT2D eigenvalue weighted by atomic mass is 10.1. The quantitative estimate of drug-likeness (QED) is 0.532. The molecular weight excluding hydrogens is 356 g/mol. The Morgan fingerprint density at radius 2 is 1.67 bits per heavy atom. The zero-order chi connectivity index (χ0) is 19.6. The summed E-state index contributed by atoms with van der Waals surface area (Å²) in [6, 6.07) is 10.0. The number of aromatic carboxylic acids is 2. The van der Waals surface area contributed by atoms with Crippen LogP contribution in [-0.2, 0) is 9.59 Å². The maximum absolute atomic E-state index is 12.4. The minimum absolute atomic E-state index is 0.0326. The molecule has 1 aliphatic rings. The van der Waals surface area contributed by atoms with Crippen molar-refractivity contribution in [3.8, 4) is 5.75 Å². The van der Waals surface area contributed by atoms with Gasteiger partial charge in [0.25, 0.3) is 0 Å². The van der Waals surface area contributed by atoms with Crippen LogP contribution in [-0.4, -0.2) is 47.1 Å². The molecule has 0 bridgehead atoms. The fraction of sp³-hybridized carbons (Fsp3) is 0.111. The van der Waals surface area contributed by atoms with Gasteiger partial charge in [-0.1, -0.05) is 12.1 Å². The second-order valence-corrected chi connectivity index (χ2v) is 5.76. The maximum Gasteiger partial charge on any atom is 0.335 e. The molecule has 2 aromatic carbocycles. The molecule has 1 heterocycles. The molecule has 0 atom stereocenters. The number of hydrogen-bond acceptors (Lipinski definition) is 6. The van der Waals surface area contributed by atoms with Gasteiger partial charge in [0.2, 0.25) is 5.91 Å². The molecule has 1 aliphatic heterocycles.